The molecule has 1 heterocycles. The van der Waals surface area contributed by atoms with E-state index in [9.17, 15) is 9.59 Å². The van der Waals surface area contributed by atoms with Crippen LogP contribution in [0.3, 0.4) is 0 Å². The first-order valence-electron chi connectivity index (χ1n) is 9.43. The number of hydrogen-bond donors (Lipinski definition) is 1. The van der Waals surface area contributed by atoms with Crippen molar-refractivity contribution in [3.05, 3.63) is 65.7 Å². The van der Waals surface area contributed by atoms with Crippen LogP contribution >= 0.6 is 0 Å². The molecule has 27 heavy (non-hydrogen) atoms. The summed E-state index contributed by atoms with van der Waals surface area (Å²) in [4.78, 5) is 26.0. The summed E-state index contributed by atoms with van der Waals surface area (Å²) >= 11 is 0. The van der Waals surface area contributed by atoms with Gasteiger partial charge in [0.2, 0.25) is 0 Å². The maximum atomic E-state index is 12.6. The number of benzene rings is 2. The Bertz CT molecular complexity index is 805. The lowest BCUT2D eigenvalue weighted by Gasteiger charge is -2.20. The molecule has 2 aliphatic rings. The lowest BCUT2D eigenvalue weighted by molar-refractivity contribution is 0.0600. The number of methoxy groups -OCH3 is 1. The molecule has 0 aromatic heterocycles. The van der Waals surface area contributed by atoms with Gasteiger partial charge in [-0.25, -0.2) is 9.59 Å². The molecule has 140 valence electrons. The van der Waals surface area contributed by atoms with E-state index in [1.807, 2.05) is 4.90 Å². The molecule has 1 aliphatic carbocycles. The number of likely N-dealkylation sites (tertiary alicyclic amines) is 1. The van der Waals surface area contributed by atoms with Gasteiger partial charge >= 0.3 is 12.0 Å². The summed E-state index contributed by atoms with van der Waals surface area (Å²) in [7, 11) is 1.35. The third-order valence-electron chi connectivity index (χ3n) is 5.87. The van der Waals surface area contributed by atoms with E-state index >= 15 is 0 Å². The van der Waals surface area contributed by atoms with Crippen molar-refractivity contribution in [1.29, 1.82) is 0 Å². The van der Waals surface area contributed by atoms with Crippen LogP contribution in [0.25, 0.3) is 0 Å². The van der Waals surface area contributed by atoms with E-state index in [0.717, 1.165) is 25.9 Å². The Hall–Kier alpha value is -2.82. The van der Waals surface area contributed by atoms with Gasteiger partial charge in [-0.15, -0.1) is 0 Å². The van der Waals surface area contributed by atoms with E-state index < -0.39 is 0 Å². The predicted molar refractivity (Wildman–Crippen MR) is 104 cm³/mol. The zero-order valence-electron chi connectivity index (χ0n) is 15.4. The summed E-state index contributed by atoms with van der Waals surface area (Å²) in [6.45, 7) is 1.64. The van der Waals surface area contributed by atoms with Crippen molar-refractivity contribution < 1.29 is 14.3 Å². The number of rotatable bonds is 3. The summed E-state index contributed by atoms with van der Waals surface area (Å²) in [6.07, 6.45) is 2.32. The molecular formula is C22H24N2O3. The number of amides is 2. The topological polar surface area (TPSA) is 58.6 Å². The summed E-state index contributed by atoms with van der Waals surface area (Å²) in [5, 5.41) is 2.94. The molecule has 2 amide bonds. The zero-order chi connectivity index (χ0) is 18.8. The Morgan fingerprint density at radius 2 is 1.59 bits per heavy atom. The SMILES string of the molecule is COC(=O)c1ccc(NC(=O)N2C[C@H]3C[C@@H](c4ccccc4)C[C@H]3C2)cc1. The van der Waals surface area contributed by atoms with Crippen molar-refractivity contribution in [2.24, 2.45) is 11.8 Å². The maximum Gasteiger partial charge on any atom is 0.337 e. The molecule has 2 fully saturated rings. The minimum absolute atomic E-state index is 0.0634. The first kappa shape index (κ1) is 17.6. The highest BCUT2D eigenvalue weighted by Gasteiger charge is 2.42. The number of hydrogen-bond acceptors (Lipinski definition) is 3. The maximum absolute atomic E-state index is 12.6. The molecule has 2 aromatic carbocycles. The Kier molecular flexibility index (Phi) is 4.84. The molecule has 1 N–H and O–H groups in total. The number of urea groups is 1. The van der Waals surface area contributed by atoms with Crippen LogP contribution in [-0.4, -0.2) is 37.1 Å². The summed E-state index contributed by atoms with van der Waals surface area (Å²) in [5.41, 5.74) is 2.58. The highest BCUT2D eigenvalue weighted by Crippen LogP contribution is 2.46. The van der Waals surface area contributed by atoms with E-state index in [2.05, 4.69) is 40.4 Å². The van der Waals surface area contributed by atoms with Crippen molar-refractivity contribution >= 4 is 17.7 Å². The van der Waals surface area contributed by atoms with Crippen LogP contribution in [0.5, 0.6) is 0 Å². The Balaban J connectivity index is 1.33. The van der Waals surface area contributed by atoms with E-state index in [-0.39, 0.29) is 12.0 Å². The fraction of sp³-hybridized carbons (Fsp3) is 0.364. The molecule has 0 unspecified atom stereocenters. The number of nitrogens with one attached hydrogen (secondary N) is 1. The van der Waals surface area contributed by atoms with Gasteiger partial charge in [-0.05, 0) is 60.4 Å². The Morgan fingerprint density at radius 3 is 2.19 bits per heavy atom. The van der Waals surface area contributed by atoms with Gasteiger partial charge in [-0.1, -0.05) is 30.3 Å². The van der Waals surface area contributed by atoms with E-state index in [0.29, 0.717) is 29.0 Å². The van der Waals surface area contributed by atoms with Crippen molar-refractivity contribution in [1.82, 2.24) is 4.90 Å². The van der Waals surface area contributed by atoms with Crippen LogP contribution < -0.4 is 5.32 Å². The fourth-order valence-corrected chi connectivity index (χ4v) is 4.47. The highest BCUT2D eigenvalue weighted by molar-refractivity contribution is 5.92. The minimum Gasteiger partial charge on any atom is -0.465 e. The number of carbonyl (C=O) groups excluding carboxylic acids is 2. The zero-order valence-corrected chi connectivity index (χ0v) is 15.4. The van der Waals surface area contributed by atoms with Crippen molar-refractivity contribution in [3.63, 3.8) is 0 Å². The summed E-state index contributed by atoms with van der Waals surface area (Å²) < 4.78 is 4.69. The summed E-state index contributed by atoms with van der Waals surface area (Å²) in [5.74, 6) is 1.41. The molecule has 1 saturated carbocycles. The summed E-state index contributed by atoms with van der Waals surface area (Å²) in [6, 6.07) is 17.4. The molecule has 1 saturated heterocycles. The van der Waals surface area contributed by atoms with Gasteiger partial charge in [0, 0.05) is 18.8 Å². The first-order valence-corrected chi connectivity index (χ1v) is 9.43. The molecule has 0 bridgehead atoms. The van der Waals surface area contributed by atoms with Crippen molar-refractivity contribution in [3.8, 4) is 0 Å². The highest BCUT2D eigenvalue weighted by atomic mass is 16.5. The third-order valence-corrected chi connectivity index (χ3v) is 5.87. The normalized spacial score (nSPS) is 23.7. The number of nitrogens with zero attached hydrogens (tertiary/aromatic N) is 1. The van der Waals surface area contributed by atoms with Crippen LogP contribution in [0, 0.1) is 11.8 Å². The van der Waals surface area contributed by atoms with Gasteiger partial charge in [0.25, 0.3) is 0 Å². The second-order valence-electron chi connectivity index (χ2n) is 7.50. The van der Waals surface area contributed by atoms with Crippen molar-refractivity contribution in [2.75, 3.05) is 25.5 Å². The third kappa shape index (κ3) is 3.68. The molecule has 5 nitrogen and oxygen atoms in total. The first-order chi connectivity index (χ1) is 13.1. The number of carbonyl (C=O) groups is 2. The van der Waals surface area contributed by atoms with Crippen molar-refractivity contribution in [2.45, 2.75) is 18.8 Å². The number of esters is 1. The van der Waals surface area contributed by atoms with Gasteiger partial charge in [0.1, 0.15) is 0 Å². The molecule has 3 atom stereocenters. The van der Waals surface area contributed by atoms with Crippen LogP contribution in [-0.2, 0) is 4.74 Å². The van der Waals surface area contributed by atoms with Crippen LogP contribution in [0.4, 0.5) is 10.5 Å². The number of ether oxygens (including phenoxy) is 1. The molecule has 2 aromatic rings. The standard InChI is InChI=1S/C22H24N2O3/c1-27-21(25)16-7-9-20(10-8-16)23-22(26)24-13-18-11-17(12-19(18)14-24)15-5-3-2-4-6-15/h2-10,17-19H,11-14H2,1H3,(H,23,26)/t17-,18-,19+. The van der Waals surface area contributed by atoms with Crippen LogP contribution in [0.2, 0.25) is 0 Å². The second-order valence-corrected chi connectivity index (χ2v) is 7.50. The van der Waals surface area contributed by atoms with E-state index in [1.54, 1.807) is 24.3 Å². The van der Waals surface area contributed by atoms with Gasteiger partial charge in [0.15, 0.2) is 0 Å². The van der Waals surface area contributed by atoms with Crippen LogP contribution in [0.15, 0.2) is 54.6 Å². The quantitative estimate of drug-likeness (QED) is 0.833. The lowest BCUT2D eigenvalue weighted by Crippen LogP contribution is -2.33. The molecule has 0 radical (unpaired) electrons. The van der Waals surface area contributed by atoms with E-state index in [4.69, 9.17) is 0 Å². The molecule has 1 aliphatic heterocycles. The Morgan fingerprint density at radius 1 is 0.963 bits per heavy atom. The second kappa shape index (κ2) is 7.43. The molecule has 4 rings (SSSR count). The Labute approximate surface area is 159 Å². The van der Waals surface area contributed by atoms with E-state index in [1.165, 1.54) is 12.7 Å². The predicted octanol–water partition coefficient (Wildman–Crippen LogP) is 4.13. The average molecular weight is 364 g/mol. The average Bonchev–Trinajstić information content (AvgIpc) is 3.28. The smallest absolute Gasteiger partial charge is 0.337 e. The minimum atomic E-state index is -0.381. The van der Waals surface area contributed by atoms with Gasteiger partial charge in [-0.3, -0.25) is 0 Å². The molecule has 5 heteroatoms. The number of anilines is 1. The lowest BCUT2D eigenvalue weighted by atomic mass is 9.96. The molecular weight excluding hydrogens is 340 g/mol. The monoisotopic (exact) mass is 364 g/mol. The van der Waals surface area contributed by atoms with Gasteiger partial charge < -0.3 is 15.0 Å². The largest absolute Gasteiger partial charge is 0.465 e. The fourth-order valence-electron chi connectivity index (χ4n) is 4.47. The molecule has 0 spiro atoms. The van der Waals surface area contributed by atoms with Crippen LogP contribution in [0.1, 0.15) is 34.7 Å². The van der Waals surface area contributed by atoms with Gasteiger partial charge in [0.05, 0.1) is 12.7 Å². The number of fused-ring (bicyclic) bond motifs is 1. The van der Waals surface area contributed by atoms with Gasteiger partial charge in [-0.2, -0.15) is 0 Å².